The predicted molar refractivity (Wildman–Crippen MR) is 93.5 cm³/mol. The standard InChI is InChI=1S/C15H17N3O5S2/c1-2-14(19)16-15-7-10-8-17(9-13(10)24-15)25(22,23)12-5-3-11(4-6-12)18(20)21/h2-6,10,13,15H,1,7-9H2,(H,16,19). The maximum atomic E-state index is 12.7. The smallest absolute Gasteiger partial charge is 0.269 e. The van der Waals surface area contributed by atoms with Crippen LogP contribution in [0.2, 0.25) is 0 Å². The Bertz CT molecular complexity index is 795. The Morgan fingerprint density at radius 2 is 2.04 bits per heavy atom. The molecule has 0 bridgehead atoms. The zero-order valence-electron chi connectivity index (χ0n) is 13.2. The third kappa shape index (κ3) is 3.55. The number of non-ortho nitro benzene ring substituents is 1. The highest BCUT2D eigenvalue weighted by Crippen LogP contribution is 2.43. The van der Waals surface area contributed by atoms with Gasteiger partial charge in [-0.15, -0.1) is 11.8 Å². The van der Waals surface area contributed by atoms with Gasteiger partial charge in [-0.2, -0.15) is 4.31 Å². The van der Waals surface area contributed by atoms with E-state index in [0.717, 1.165) is 0 Å². The summed E-state index contributed by atoms with van der Waals surface area (Å²) in [6.45, 7) is 4.18. The SMILES string of the molecule is C=CC(=O)NC1CC2CN(S(=O)(=O)c3ccc([N+](=O)[O-])cc3)CC2S1. The van der Waals surface area contributed by atoms with E-state index in [1.54, 1.807) is 11.8 Å². The molecular formula is C15H17N3O5S2. The Balaban J connectivity index is 1.67. The number of thioether (sulfide) groups is 1. The average molecular weight is 383 g/mol. The molecule has 0 aromatic heterocycles. The monoisotopic (exact) mass is 383 g/mol. The van der Waals surface area contributed by atoms with E-state index in [4.69, 9.17) is 0 Å². The second-order valence-corrected chi connectivity index (χ2v) is 9.33. The lowest BCUT2D eigenvalue weighted by atomic mass is 10.1. The number of nitro benzene ring substituents is 1. The second-order valence-electron chi connectivity index (χ2n) is 5.94. The van der Waals surface area contributed by atoms with Crippen LogP contribution in [0.5, 0.6) is 0 Å². The summed E-state index contributed by atoms with van der Waals surface area (Å²) in [7, 11) is -3.67. The highest BCUT2D eigenvalue weighted by molar-refractivity contribution is 8.00. The van der Waals surface area contributed by atoms with Gasteiger partial charge in [0.25, 0.3) is 5.69 Å². The highest BCUT2D eigenvalue weighted by atomic mass is 32.2. The van der Waals surface area contributed by atoms with Gasteiger partial charge in [-0.1, -0.05) is 6.58 Å². The Hall–Kier alpha value is -1.91. The van der Waals surface area contributed by atoms with Crippen LogP contribution in [0.1, 0.15) is 6.42 Å². The number of hydrogen-bond acceptors (Lipinski definition) is 6. The van der Waals surface area contributed by atoms with Crippen LogP contribution in [0.3, 0.4) is 0 Å². The molecule has 2 fully saturated rings. The number of carbonyl (C=O) groups is 1. The van der Waals surface area contributed by atoms with Crippen LogP contribution in [0.15, 0.2) is 41.8 Å². The van der Waals surface area contributed by atoms with Crippen LogP contribution in [0.4, 0.5) is 5.69 Å². The molecule has 134 valence electrons. The van der Waals surface area contributed by atoms with Gasteiger partial charge in [0, 0.05) is 30.5 Å². The van der Waals surface area contributed by atoms with Gasteiger partial charge in [-0.05, 0) is 30.5 Å². The van der Waals surface area contributed by atoms with E-state index in [2.05, 4.69) is 11.9 Å². The maximum Gasteiger partial charge on any atom is 0.269 e. The van der Waals surface area contributed by atoms with Crippen molar-refractivity contribution in [1.82, 2.24) is 9.62 Å². The minimum absolute atomic E-state index is 0.0234. The fraction of sp³-hybridized carbons (Fsp3) is 0.400. The van der Waals surface area contributed by atoms with Crippen LogP contribution in [-0.4, -0.2) is 47.3 Å². The first-order chi connectivity index (χ1) is 11.8. The first kappa shape index (κ1) is 17.9. The molecule has 25 heavy (non-hydrogen) atoms. The van der Waals surface area contributed by atoms with Gasteiger partial charge in [0.1, 0.15) is 0 Å². The van der Waals surface area contributed by atoms with Crippen molar-refractivity contribution in [2.24, 2.45) is 5.92 Å². The lowest BCUT2D eigenvalue weighted by Crippen LogP contribution is -2.33. The number of amides is 1. The summed E-state index contributed by atoms with van der Waals surface area (Å²) < 4.78 is 26.9. The molecule has 1 N–H and O–H groups in total. The fourth-order valence-corrected chi connectivity index (χ4v) is 6.39. The van der Waals surface area contributed by atoms with Gasteiger partial charge in [0.15, 0.2) is 0 Å². The van der Waals surface area contributed by atoms with E-state index >= 15 is 0 Å². The fourth-order valence-electron chi connectivity index (χ4n) is 3.12. The molecule has 0 radical (unpaired) electrons. The van der Waals surface area contributed by atoms with Crippen molar-refractivity contribution in [3.05, 3.63) is 47.0 Å². The Morgan fingerprint density at radius 1 is 1.36 bits per heavy atom. The zero-order valence-corrected chi connectivity index (χ0v) is 14.8. The lowest BCUT2D eigenvalue weighted by molar-refractivity contribution is -0.384. The molecule has 3 atom stereocenters. The van der Waals surface area contributed by atoms with Crippen LogP contribution in [0, 0.1) is 16.0 Å². The first-order valence-electron chi connectivity index (χ1n) is 7.64. The van der Waals surface area contributed by atoms with Crippen LogP contribution in [-0.2, 0) is 14.8 Å². The largest absolute Gasteiger partial charge is 0.341 e. The van der Waals surface area contributed by atoms with Crippen molar-refractivity contribution in [1.29, 1.82) is 0 Å². The molecule has 0 spiro atoms. The molecule has 0 aliphatic carbocycles. The molecule has 3 rings (SSSR count). The van der Waals surface area contributed by atoms with Gasteiger partial charge in [-0.25, -0.2) is 8.42 Å². The van der Waals surface area contributed by atoms with Gasteiger partial charge < -0.3 is 5.32 Å². The number of sulfonamides is 1. The normalized spacial score (nSPS) is 26.2. The molecule has 1 aromatic carbocycles. The van der Waals surface area contributed by atoms with Crippen molar-refractivity contribution in [3.63, 3.8) is 0 Å². The van der Waals surface area contributed by atoms with Gasteiger partial charge in [-0.3, -0.25) is 14.9 Å². The molecule has 8 nitrogen and oxygen atoms in total. The van der Waals surface area contributed by atoms with Gasteiger partial charge >= 0.3 is 0 Å². The summed E-state index contributed by atoms with van der Waals surface area (Å²) in [5.41, 5.74) is -0.145. The maximum absolute atomic E-state index is 12.7. The highest BCUT2D eigenvalue weighted by Gasteiger charge is 2.45. The minimum atomic E-state index is -3.67. The van der Waals surface area contributed by atoms with E-state index in [9.17, 15) is 23.3 Å². The Kier molecular flexibility index (Phi) is 4.85. The summed E-state index contributed by atoms with van der Waals surface area (Å²) in [5, 5.41) is 13.6. The van der Waals surface area contributed by atoms with Gasteiger partial charge in [0.05, 0.1) is 15.2 Å². The number of nitrogens with one attached hydrogen (secondary N) is 1. The second kappa shape index (κ2) is 6.77. The summed E-state index contributed by atoms with van der Waals surface area (Å²) in [6, 6.07) is 4.92. The van der Waals surface area contributed by atoms with Crippen LogP contribution >= 0.6 is 11.8 Å². The molecule has 2 heterocycles. The average Bonchev–Trinajstić information content (AvgIpc) is 3.13. The topological polar surface area (TPSA) is 110 Å². The zero-order chi connectivity index (χ0) is 18.2. The molecule has 2 aliphatic heterocycles. The van der Waals surface area contributed by atoms with E-state index < -0.39 is 14.9 Å². The van der Waals surface area contributed by atoms with Crippen molar-refractivity contribution in [2.75, 3.05) is 13.1 Å². The molecule has 0 saturated carbocycles. The summed E-state index contributed by atoms with van der Waals surface area (Å²) in [4.78, 5) is 21.6. The third-order valence-electron chi connectivity index (χ3n) is 4.38. The predicted octanol–water partition coefficient (Wildman–Crippen LogP) is 1.35. The molecule has 10 heteroatoms. The minimum Gasteiger partial charge on any atom is -0.341 e. The lowest BCUT2D eigenvalue weighted by Gasteiger charge is -2.19. The number of fused-ring (bicyclic) bond motifs is 1. The van der Waals surface area contributed by atoms with Crippen molar-refractivity contribution < 1.29 is 18.1 Å². The number of hydrogen-bond donors (Lipinski definition) is 1. The summed E-state index contributed by atoms with van der Waals surface area (Å²) in [5.74, 6) is -0.0548. The molecular weight excluding hydrogens is 366 g/mol. The Morgan fingerprint density at radius 3 is 2.60 bits per heavy atom. The number of carbonyl (C=O) groups excluding carboxylic acids is 1. The van der Waals surface area contributed by atoms with Gasteiger partial charge in [0.2, 0.25) is 15.9 Å². The molecule has 2 saturated heterocycles. The summed E-state index contributed by atoms with van der Waals surface area (Å²) >= 11 is 1.57. The number of rotatable bonds is 5. The number of benzene rings is 1. The van der Waals surface area contributed by atoms with E-state index in [0.29, 0.717) is 19.5 Å². The molecule has 1 amide bonds. The molecule has 2 aliphatic rings. The summed E-state index contributed by atoms with van der Waals surface area (Å²) in [6.07, 6.45) is 1.93. The van der Waals surface area contributed by atoms with E-state index in [1.807, 2.05) is 0 Å². The van der Waals surface area contributed by atoms with E-state index in [-0.39, 0.29) is 33.0 Å². The van der Waals surface area contributed by atoms with Crippen molar-refractivity contribution >= 4 is 33.4 Å². The quantitative estimate of drug-likeness (QED) is 0.467. The van der Waals surface area contributed by atoms with E-state index in [1.165, 1.54) is 34.6 Å². The molecule has 3 unspecified atom stereocenters. The van der Waals surface area contributed by atoms with Crippen LogP contribution < -0.4 is 5.32 Å². The Labute approximate surface area is 149 Å². The van der Waals surface area contributed by atoms with Crippen LogP contribution in [0.25, 0.3) is 0 Å². The van der Waals surface area contributed by atoms with Crippen molar-refractivity contribution in [2.45, 2.75) is 21.9 Å². The van der Waals surface area contributed by atoms with Crippen molar-refractivity contribution in [3.8, 4) is 0 Å². The molecule has 1 aromatic rings. The number of nitrogens with zero attached hydrogens (tertiary/aromatic N) is 2. The number of nitro groups is 1. The third-order valence-corrected chi connectivity index (χ3v) is 7.75. The first-order valence-corrected chi connectivity index (χ1v) is 10.0.